The molecule has 0 aromatic rings. The first-order valence-corrected chi connectivity index (χ1v) is 6.94. The molecule has 0 aromatic heterocycles. The van der Waals surface area contributed by atoms with Crippen molar-refractivity contribution >= 4 is 0 Å². The molecule has 0 amide bonds. The molecule has 2 atom stereocenters. The van der Waals surface area contributed by atoms with E-state index in [1.54, 1.807) is 0 Å². The maximum atomic E-state index is 10.2. The Kier molecular flexibility index (Phi) is 7.30. The lowest BCUT2D eigenvalue weighted by Crippen LogP contribution is -2.22. The van der Waals surface area contributed by atoms with Gasteiger partial charge in [0.2, 0.25) is 0 Å². The maximum absolute atomic E-state index is 10.2. The smallest absolute Gasteiger partial charge is 0.0568 e. The molecule has 0 spiro atoms. The predicted octanol–water partition coefficient (Wildman–Crippen LogP) is 4.64. The number of hydrogen-bond donors (Lipinski definition) is 1. The maximum Gasteiger partial charge on any atom is 0.0568 e. The Hall–Kier alpha value is -0.0400. The van der Waals surface area contributed by atoms with Crippen molar-refractivity contribution in [3.8, 4) is 0 Å². The van der Waals surface area contributed by atoms with Crippen LogP contribution in [-0.2, 0) is 0 Å². The second-order valence-electron chi connectivity index (χ2n) is 6.82. The molecule has 0 fully saturated rings. The molecule has 1 heteroatoms. The van der Waals surface area contributed by atoms with Crippen LogP contribution in [0.3, 0.4) is 0 Å². The lowest BCUT2D eigenvalue weighted by atomic mass is 9.84. The van der Waals surface area contributed by atoms with Gasteiger partial charge in [-0.25, -0.2) is 0 Å². The molecule has 1 nitrogen and oxygen atoms in total. The molecule has 98 valence electrons. The van der Waals surface area contributed by atoms with Crippen LogP contribution >= 0.6 is 0 Å². The zero-order chi connectivity index (χ0) is 12.8. The van der Waals surface area contributed by atoms with Gasteiger partial charge in [0.1, 0.15) is 0 Å². The summed E-state index contributed by atoms with van der Waals surface area (Å²) in [5, 5.41) is 10.2. The molecule has 0 aliphatic rings. The predicted molar refractivity (Wildman–Crippen MR) is 72.5 cm³/mol. The summed E-state index contributed by atoms with van der Waals surface area (Å²) in [5.41, 5.74) is 0.402. The van der Waals surface area contributed by atoms with Crippen LogP contribution < -0.4 is 0 Å². The highest BCUT2D eigenvalue weighted by molar-refractivity contribution is 4.71. The van der Waals surface area contributed by atoms with E-state index in [-0.39, 0.29) is 6.10 Å². The summed E-state index contributed by atoms with van der Waals surface area (Å²) in [5.74, 6) is 1.20. The first-order chi connectivity index (χ1) is 7.26. The highest BCUT2D eigenvalue weighted by Crippen LogP contribution is 2.26. The van der Waals surface area contributed by atoms with Gasteiger partial charge in [0.25, 0.3) is 0 Å². The molecule has 16 heavy (non-hydrogen) atoms. The third-order valence-corrected chi connectivity index (χ3v) is 3.27. The van der Waals surface area contributed by atoms with Gasteiger partial charge in [0.15, 0.2) is 0 Å². The van der Waals surface area contributed by atoms with Crippen molar-refractivity contribution in [3.05, 3.63) is 0 Å². The minimum atomic E-state index is -0.0882. The van der Waals surface area contributed by atoms with Gasteiger partial charge in [-0.2, -0.15) is 0 Å². The van der Waals surface area contributed by atoms with Gasteiger partial charge in [-0.3, -0.25) is 0 Å². The molecule has 2 unspecified atom stereocenters. The number of aliphatic hydroxyl groups excluding tert-OH is 1. The standard InChI is InChI=1S/C15H32O/c1-7-13(11-12(2)3)14(16)9-8-10-15(4,5)6/h12-14,16H,7-11H2,1-6H3. The molecule has 0 heterocycles. The van der Waals surface area contributed by atoms with Gasteiger partial charge in [-0.15, -0.1) is 0 Å². The molecule has 0 saturated carbocycles. The van der Waals surface area contributed by atoms with Gasteiger partial charge in [-0.05, 0) is 36.5 Å². The third kappa shape index (κ3) is 8.15. The molecule has 0 rings (SSSR count). The Morgan fingerprint density at radius 1 is 1.12 bits per heavy atom. The molecule has 1 N–H and O–H groups in total. The average Bonchev–Trinajstić information content (AvgIpc) is 2.11. The van der Waals surface area contributed by atoms with Gasteiger partial charge >= 0.3 is 0 Å². The molecular weight excluding hydrogens is 196 g/mol. The lowest BCUT2D eigenvalue weighted by Gasteiger charge is -2.25. The van der Waals surface area contributed by atoms with Crippen molar-refractivity contribution in [2.75, 3.05) is 0 Å². The van der Waals surface area contributed by atoms with Crippen LogP contribution in [0.25, 0.3) is 0 Å². The zero-order valence-corrected chi connectivity index (χ0v) is 12.2. The largest absolute Gasteiger partial charge is 0.393 e. The Labute approximate surface area is 103 Å². The van der Waals surface area contributed by atoms with E-state index in [4.69, 9.17) is 0 Å². The lowest BCUT2D eigenvalue weighted by molar-refractivity contribution is 0.0794. The van der Waals surface area contributed by atoms with E-state index in [0.29, 0.717) is 17.3 Å². The molecule has 0 saturated heterocycles. The molecule has 0 aromatic carbocycles. The quantitative estimate of drug-likeness (QED) is 0.673. The SMILES string of the molecule is CCC(CC(C)C)C(O)CCCC(C)(C)C. The molecule has 0 bridgehead atoms. The summed E-state index contributed by atoms with van der Waals surface area (Å²) >= 11 is 0. The summed E-state index contributed by atoms with van der Waals surface area (Å²) in [7, 11) is 0. The zero-order valence-electron chi connectivity index (χ0n) is 12.2. The Balaban J connectivity index is 3.88. The van der Waals surface area contributed by atoms with E-state index in [2.05, 4.69) is 41.5 Å². The fourth-order valence-corrected chi connectivity index (χ4v) is 2.28. The minimum absolute atomic E-state index is 0.0882. The van der Waals surface area contributed by atoms with Crippen molar-refractivity contribution in [2.45, 2.75) is 79.8 Å². The van der Waals surface area contributed by atoms with Crippen LogP contribution in [-0.4, -0.2) is 11.2 Å². The molecule has 0 aliphatic carbocycles. The number of hydrogen-bond acceptors (Lipinski definition) is 1. The van der Waals surface area contributed by atoms with E-state index in [1.807, 2.05) is 0 Å². The van der Waals surface area contributed by atoms with Crippen LogP contribution in [0.15, 0.2) is 0 Å². The van der Waals surface area contributed by atoms with Crippen molar-refractivity contribution in [1.82, 2.24) is 0 Å². The first-order valence-electron chi connectivity index (χ1n) is 6.94. The normalized spacial score (nSPS) is 16.5. The van der Waals surface area contributed by atoms with Gasteiger partial charge in [-0.1, -0.05) is 54.4 Å². The van der Waals surface area contributed by atoms with Crippen LogP contribution in [0.5, 0.6) is 0 Å². The van der Waals surface area contributed by atoms with Crippen LogP contribution in [0.4, 0.5) is 0 Å². The summed E-state index contributed by atoms with van der Waals surface area (Å²) in [6, 6.07) is 0. The Morgan fingerprint density at radius 3 is 2.06 bits per heavy atom. The van der Waals surface area contributed by atoms with E-state index in [9.17, 15) is 5.11 Å². The minimum Gasteiger partial charge on any atom is -0.393 e. The second-order valence-corrected chi connectivity index (χ2v) is 6.82. The molecule has 0 aliphatic heterocycles. The summed E-state index contributed by atoms with van der Waals surface area (Å²) in [4.78, 5) is 0. The first kappa shape index (κ1) is 16.0. The number of aliphatic hydroxyl groups is 1. The van der Waals surface area contributed by atoms with Crippen molar-refractivity contribution in [3.63, 3.8) is 0 Å². The fraction of sp³-hybridized carbons (Fsp3) is 1.00. The third-order valence-electron chi connectivity index (χ3n) is 3.27. The monoisotopic (exact) mass is 228 g/mol. The molecule has 0 radical (unpaired) electrons. The van der Waals surface area contributed by atoms with E-state index >= 15 is 0 Å². The van der Waals surface area contributed by atoms with Gasteiger partial charge in [0.05, 0.1) is 6.10 Å². The average molecular weight is 228 g/mol. The highest BCUT2D eigenvalue weighted by atomic mass is 16.3. The Bertz CT molecular complexity index is 167. The summed E-state index contributed by atoms with van der Waals surface area (Å²) < 4.78 is 0. The van der Waals surface area contributed by atoms with Crippen molar-refractivity contribution in [2.24, 2.45) is 17.3 Å². The molecular formula is C15H32O. The van der Waals surface area contributed by atoms with Crippen LogP contribution in [0, 0.1) is 17.3 Å². The fourth-order valence-electron chi connectivity index (χ4n) is 2.28. The highest BCUT2D eigenvalue weighted by Gasteiger charge is 2.19. The van der Waals surface area contributed by atoms with Crippen LogP contribution in [0.1, 0.15) is 73.6 Å². The van der Waals surface area contributed by atoms with Gasteiger partial charge in [0, 0.05) is 0 Å². The number of rotatable bonds is 7. The van der Waals surface area contributed by atoms with Crippen LogP contribution in [0.2, 0.25) is 0 Å². The second kappa shape index (κ2) is 7.32. The Morgan fingerprint density at radius 2 is 1.69 bits per heavy atom. The van der Waals surface area contributed by atoms with Crippen molar-refractivity contribution in [1.29, 1.82) is 0 Å². The topological polar surface area (TPSA) is 20.2 Å². The van der Waals surface area contributed by atoms with E-state index in [0.717, 1.165) is 25.7 Å². The van der Waals surface area contributed by atoms with Gasteiger partial charge < -0.3 is 5.11 Å². The summed E-state index contributed by atoms with van der Waals surface area (Å²) in [6.07, 6.45) is 5.51. The van der Waals surface area contributed by atoms with Crippen molar-refractivity contribution < 1.29 is 5.11 Å². The van der Waals surface area contributed by atoms with E-state index < -0.39 is 0 Å². The summed E-state index contributed by atoms with van der Waals surface area (Å²) in [6.45, 7) is 13.5. The van der Waals surface area contributed by atoms with E-state index in [1.165, 1.54) is 6.42 Å².